The topological polar surface area (TPSA) is 46.3 Å². The van der Waals surface area contributed by atoms with Crippen molar-refractivity contribution in [2.45, 2.75) is 6.92 Å². The molecular formula is C8H11ClN2O2. The average molecular weight is 203 g/mol. The van der Waals surface area contributed by atoms with Crippen LogP contribution in [0.4, 0.5) is 0 Å². The van der Waals surface area contributed by atoms with E-state index in [1.807, 2.05) is 0 Å². The number of carbonyl (C=O) groups is 1. The lowest BCUT2D eigenvalue weighted by Crippen LogP contribution is -2.28. The molecular weight excluding hydrogens is 192 g/mol. The van der Waals surface area contributed by atoms with Crippen LogP contribution in [0.3, 0.4) is 0 Å². The monoisotopic (exact) mass is 202 g/mol. The second-order valence-corrected chi connectivity index (χ2v) is 3.12. The number of hydrogen-bond acceptors (Lipinski definition) is 3. The van der Waals surface area contributed by atoms with E-state index >= 15 is 0 Å². The van der Waals surface area contributed by atoms with Gasteiger partial charge in [-0.15, -0.1) is 11.6 Å². The summed E-state index contributed by atoms with van der Waals surface area (Å²) in [5.74, 6) is 0.874. The first-order chi connectivity index (χ1) is 6.15. The summed E-state index contributed by atoms with van der Waals surface area (Å²) >= 11 is 5.50. The largest absolute Gasteiger partial charge is 0.361 e. The SMILES string of the molecule is Cc1cc(C(=O)N(C)CCCl)no1. The fraction of sp³-hybridized carbons (Fsp3) is 0.500. The number of alkyl halides is 1. The van der Waals surface area contributed by atoms with Gasteiger partial charge in [-0.3, -0.25) is 4.79 Å². The minimum absolute atomic E-state index is 0.169. The number of nitrogens with zero attached hydrogens (tertiary/aromatic N) is 2. The van der Waals surface area contributed by atoms with Gasteiger partial charge >= 0.3 is 0 Å². The molecule has 0 aliphatic carbocycles. The second-order valence-electron chi connectivity index (χ2n) is 2.74. The Morgan fingerprint density at radius 2 is 2.46 bits per heavy atom. The first-order valence-electron chi connectivity index (χ1n) is 3.90. The predicted molar refractivity (Wildman–Crippen MR) is 48.9 cm³/mol. The maximum Gasteiger partial charge on any atom is 0.275 e. The molecule has 0 aliphatic rings. The van der Waals surface area contributed by atoms with Gasteiger partial charge in [0.2, 0.25) is 0 Å². The van der Waals surface area contributed by atoms with Gasteiger partial charge in [-0.2, -0.15) is 0 Å². The number of halogens is 1. The lowest BCUT2D eigenvalue weighted by molar-refractivity contribution is 0.0793. The van der Waals surface area contributed by atoms with E-state index in [9.17, 15) is 4.79 Å². The Balaban J connectivity index is 2.67. The van der Waals surface area contributed by atoms with E-state index in [1.165, 1.54) is 4.90 Å². The van der Waals surface area contributed by atoms with Crippen LogP contribution in [0.15, 0.2) is 10.6 Å². The van der Waals surface area contributed by atoms with Gasteiger partial charge in [0.25, 0.3) is 5.91 Å². The fourth-order valence-electron chi connectivity index (χ4n) is 0.891. The highest BCUT2D eigenvalue weighted by molar-refractivity contribution is 6.18. The van der Waals surface area contributed by atoms with Crippen LogP contribution in [0.25, 0.3) is 0 Å². The molecule has 0 spiro atoms. The minimum Gasteiger partial charge on any atom is -0.361 e. The molecule has 4 nitrogen and oxygen atoms in total. The van der Waals surface area contributed by atoms with Gasteiger partial charge in [0.05, 0.1) is 0 Å². The van der Waals surface area contributed by atoms with Crippen LogP contribution in [-0.4, -0.2) is 35.4 Å². The third-order valence-corrected chi connectivity index (χ3v) is 1.78. The van der Waals surface area contributed by atoms with Crippen molar-refractivity contribution < 1.29 is 9.32 Å². The molecule has 0 aromatic carbocycles. The highest BCUT2D eigenvalue weighted by Crippen LogP contribution is 2.04. The first kappa shape index (κ1) is 10.1. The Labute approximate surface area is 81.4 Å². The molecule has 0 N–H and O–H groups in total. The molecule has 0 unspecified atom stereocenters. The van der Waals surface area contributed by atoms with Crippen molar-refractivity contribution in [2.75, 3.05) is 19.5 Å². The fourth-order valence-corrected chi connectivity index (χ4v) is 1.14. The lowest BCUT2D eigenvalue weighted by atomic mass is 10.3. The van der Waals surface area contributed by atoms with E-state index in [2.05, 4.69) is 5.16 Å². The molecule has 0 atom stereocenters. The first-order valence-corrected chi connectivity index (χ1v) is 4.43. The van der Waals surface area contributed by atoms with Crippen LogP contribution in [0, 0.1) is 6.92 Å². The van der Waals surface area contributed by atoms with Gasteiger partial charge in [0.1, 0.15) is 5.76 Å². The molecule has 5 heteroatoms. The third kappa shape index (κ3) is 2.45. The maximum atomic E-state index is 11.5. The molecule has 0 bridgehead atoms. The molecule has 0 saturated heterocycles. The van der Waals surface area contributed by atoms with Gasteiger partial charge in [-0.05, 0) is 6.92 Å². The molecule has 0 saturated carbocycles. The third-order valence-electron chi connectivity index (χ3n) is 1.61. The highest BCUT2D eigenvalue weighted by Gasteiger charge is 2.14. The van der Waals surface area contributed by atoms with E-state index in [1.54, 1.807) is 20.0 Å². The Morgan fingerprint density at radius 3 is 2.92 bits per heavy atom. The Bertz CT molecular complexity index is 298. The number of hydrogen-bond donors (Lipinski definition) is 0. The zero-order valence-electron chi connectivity index (χ0n) is 7.58. The molecule has 1 heterocycles. The standard InChI is InChI=1S/C8H11ClN2O2/c1-6-5-7(10-13-6)8(12)11(2)4-3-9/h5H,3-4H2,1-2H3. The molecule has 1 aromatic heterocycles. The van der Waals surface area contributed by atoms with Gasteiger partial charge < -0.3 is 9.42 Å². The van der Waals surface area contributed by atoms with Gasteiger partial charge in [0.15, 0.2) is 5.69 Å². The number of carbonyl (C=O) groups excluding carboxylic acids is 1. The van der Waals surface area contributed by atoms with Crippen molar-refractivity contribution in [2.24, 2.45) is 0 Å². The van der Waals surface area contributed by atoms with E-state index in [0.29, 0.717) is 23.9 Å². The summed E-state index contributed by atoms with van der Waals surface area (Å²) in [6.45, 7) is 2.25. The van der Waals surface area contributed by atoms with E-state index in [-0.39, 0.29) is 5.91 Å². The molecule has 1 rings (SSSR count). The van der Waals surface area contributed by atoms with Crippen LogP contribution < -0.4 is 0 Å². The van der Waals surface area contributed by atoms with Crippen molar-refractivity contribution >= 4 is 17.5 Å². The molecule has 0 aliphatic heterocycles. The summed E-state index contributed by atoms with van der Waals surface area (Å²) in [7, 11) is 1.68. The van der Waals surface area contributed by atoms with Crippen LogP contribution in [-0.2, 0) is 0 Å². The van der Waals surface area contributed by atoms with Gasteiger partial charge in [-0.25, -0.2) is 0 Å². The van der Waals surface area contributed by atoms with Crippen LogP contribution in [0.5, 0.6) is 0 Å². The normalized spacial score (nSPS) is 10.1. The summed E-state index contributed by atoms with van der Waals surface area (Å²) in [5.41, 5.74) is 0.324. The minimum atomic E-state index is -0.169. The molecule has 0 radical (unpaired) electrons. The quantitative estimate of drug-likeness (QED) is 0.694. The van der Waals surface area contributed by atoms with Gasteiger partial charge in [0, 0.05) is 25.5 Å². The number of aryl methyl sites for hydroxylation is 1. The highest BCUT2D eigenvalue weighted by atomic mass is 35.5. The lowest BCUT2D eigenvalue weighted by Gasteiger charge is -2.12. The van der Waals surface area contributed by atoms with Crippen molar-refractivity contribution in [3.63, 3.8) is 0 Å². The molecule has 0 fully saturated rings. The Hall–Kier alpha value is -1.03. The molecule has 72 valence electrons. The predicted octanol–water partition coefficient (Wildman–Crippen LogP) is 1.29. The summed E-state index contributed by atoms with van der Waals surface area (Å²) in [5, 5.41) is 3.61. The molecule has 1 amide bonds. The zero-order chi connectivity index (χ0) is 9.84. The second kappa shape index (κ2) is 4.28. The number of rotatable bonds is 3. The Kier molecular flexibility index (Phi) is 3.31. The smallest absolute Gasteiger partial charge is 0.275 e. The maximum absolute atomic E-state index is 11.5. The van der Waals surface area contributed by atoms with Crippen LogP contribution in [0.2, 0.25) is 0 Å². The Morgan fingerprint density at radius 1 is 1.77 bits per heavy atom. The molecule has 1 aromatic rings. The van der Waals surface area contributed by atoms with Crippen molar-refractivity contribution in [1.29, 1.82) is 0 Å². The summed E-state index contributed by atoms with van der Waals surface area (Å²) < 4.78 is 4.78. The summed E-state index contributed by atoms with van der Waals surface area (Å²) in [6, 6.07) is 1.60. The molecule has 13 heavy (non-hydrogen) atoms. The summed E-state index contributed by atoms with van der Waals surface area (Å²) in [6.07, 6.45) is 0. The van der Waals surface area contributed by atoms with E-state index < -0.39 is 0 Å². The van der Waals surface area contributed by atoms with E-state index in [4.69, 9.17) is 16.1 Å². The number of amides is 1. The number of aromatic nitrogens is 1. The average Bonchev–Trinajstić information content (AvgIpc) is 2.51. The van der Waals surface area contributed by atoms with Crippen LogP contribution in [0.1, 0.15) is 16.2 Å². The van der Waals surface area contributed by atoms with E-state index in [0.717, 1.165) is 0 Å². The van der Waals surface area contributed by atoms with Crippen molar-refractivity contribution in [3.05, 3.63) is 17.5 Å². The van der Waals surface area contributed by atoms with Crippen molar-refractivity contribution in [1.82, 2.24) is 10.1 Å². The zero-order valence-corrected chi connectivity index (χ0v) is 8.34. The van der Waals surface area contributed by atoms with Crippen molar-refractivity contribution in [3.8, 4) is 0 Å². The summed E-state index contributed by atoms with van der Waals surface area (Å²) in [4.78, 5) is 13.0. The van der Waals surface area contributed by atoms with Crippen LogP contribution >= 0.6 is 11.6 Å². The van der Waals surface area contributed by atoms with Gasteiger partial charge in [-0.1, -0.05) is 5.16 Å².